The number of hydrogen-bond acceptors (Lipinski definition) is 4. The van der Waals surface area contributed by atoms with Gasteiger partial charge in [0.25, 0.3) is 0 Å². The molecule has 0 saturated carbocycles. The number of hydrogen-bond donors (Lipinski definition) is 2. The van der Waals surface area contributed by atoms with Gasteiger partial charge < -0.3 is 15.2 Å². The highest BCUT2D eigenvalue weighted by Crippen LogP contribution is 2.20. The maximum Gasteiger partial charge on any atom is 0.304 e. The quantitative estimate of drug-likeness (QED) is 0.610. The van der Waals surface area contributed by atoms with E-state index in [-0.39, 0.29) is 22.8 Å². The molecule has 100 valence electrons. The lowest BCUT2D eigenvalue weighted by Gasteiger charge is -2.15. The van der Waals surface area contributed by atoms with Gasteiger partial charge in [-0.2, -0.15) is 0 Å². The van der Waals surface area contributed by atoms with Crippen molar-refractivity contribution in [2.45, 2.75) is 37.2 Å². The van der Waals surface area contributed by atoms with E-state index in [1.54, 1.807) is 14.0 Å². The molecule has 0 bridgehead atoms. The molecule has 0 aromatic carbocycles. The van der Waals surface area contributed by atoms with Crippen molar-refractivity contribution in [2.24, 2.45) is 0 Å². The number of carbonyl (C=O) groups is 2. The van der Waals surface area contributed by atoms with Crippen molar-refractivity contribution in [3.63, 3.8) is 0 Å². The molecule has 1 amide bonds. The summed E-state index contributed by atoms with van der Waals surface area (Å²) in [6.45, 7) is 4.81. The van der Waals surface area contributed by atoms with Gasteiger partial charge in [0.1, 0.15) is 0 Å². The molecule has 5 nitrogen and oxygen atoms in total. The molecule has 0 aliphatic rings. The molecule has 0 aromatic heterocycles. The van der Waals surface area contributed by atoms with Crippen LogP contribution >= 0.6 is 11.8 Å². The van der Waals surface area contributed by atoms with Crippen LogP contribution in [0.15, 0.2) is 0 Å². The van der Waals surface area contributed by atoms with Crippen molar-refractivity contribution >= 4 is 23.6 Å². The molecule has 0 fully saturated rings. The molecule has 0 radical (unpaired) electrons. The Bertz CT molecular complexity index is 248. The van der Waals surface area contributed by atoms with E-state index in [0.29, 0.717) is 13.2 Å². The van der Waals surface area contributed by atoms with E-state index in [2.05, 4.69) is 5.32 Å². The van der Waals surface area contributed by atoms with E-state index >= 15 is 0 Å². The Morgan fingerprint density at radius 1 is 1.41 bits per heavy atom. The van der Waals surface area contributed by atoms with Crippen LogP contribution in [-0.2, 0) is 14.3 Å². The van der Waals surface area contributed by atoms with Crippen molar-refractivity contribution in [2.75, 3.05) is 20.3 Å². The van der Waals surface area contributed by atoms with Gasteiger partial charge in [-0.25, -0.2) is 0 Å². The van der Waals surface area contributed by atoms with Crippen LogP contribution < -0.4 is 5.32 Å². The summed E-state index contributed by atoms with van der Waals surface area (Å²) in [6.07, 6.45) is 0.857. The lowest BCUT2D eigenvalue weighted by atomic mass is 10.3. The molecule has 2 atom stereocenters. The minimum absolute atomic E-state index is 0.0525. The highest BCUT2D eigenvalue weighted by atomic mass is 32.2. The van der Waals surface area contributed by atoms with Gasteiger partial charge in [0.05, 0.1) is 11.7 Å². The van der Waals surface area contributed by atoms with Crippen LogP contribution in [0.4, 0.5) is 0 Å². The third kappa shape index (κ3) is 9.00. The van der Waals surface area contributed by atoms with E-state index in [0.717, 1.165) is 6.42 Å². The molecule has 0 rings (SSSR count). The minimum Gasteiger partial charge on any atom is -0.481 e. The Hall–Kier alpha value is -0.750. The second-order valence-electron chi connectivity index (χ2n) is 3.82. The number of carbonyl (C=O) groups excluding carboxylic acids is 1. The van der Waals surface area contributed by atoms with Gasteiger partial charge in [0.2, 0.25) is 5.91 Å². The van der Waals surface area contributed by atoms with Gasteiger partial charge in [0.15, 0.2) is 0 Å². The number of amides is 1. The predicted octanol–water partition coefficient (Wildman–Crippen LogP) is 1.12. The highest BCUT2D eigenvalue weighted by Gasteiger charge is 2.17. The van der Waals surface area contributed by atoms with Crippen LogP contribution in [0.5, 0.6) is 0 Å². The number of nitrogens with one attached hydrogen (secondary N) is 1. The third-order valence-electron chi connectivity index (χ3n) is 2.09. The SMILES string of the molecule is COCCCNC(=O)C(C)SC(C)CC(=O)O. The number of ether oxygens (including phenoxy) is 1. The normalized spacial score (nSPS) is 14.1. The number of rotatable bonds is 9. The fourth-order valence-corrected chi connectivity index (χ4v) is 2.42. The average Bonchev–Trinajstić information content (AvgIpc) is 2.22. The summed E-state index contributed by atoms with van der Waals surface area (Å²) in [5.41, 5.74) is 0. The molecule has 0 spiro atoms. The molecular formula is C11H21NO4S. The van der Waals surface area contributed by atoms with Crippen molar-refractivity contribution in [1.29, 1.82) is 0 Å². The molecule has 2 N–H and O–H groups in total. The van der Waals surface area contributed by atoms with Crippen LogP contribution in [0.2, 0.25) is 0 Å². The van der Waals surface area contributed by atoms with Crippen LogP contribution in [-0.4, -0.2) is 47.7 Å². The maximum atomic E-state index is 11.6. The molecule has 0 saturated heterocycles. The van der Waals surface area contributed by atoms with E-state index in [1.165, 1.54) is 11.8 Å². The molecule has 0 aliphatic carbocycles. The predicted molar refractivity (Wildman–Crippen MR) is 68.3 cm³/mol. The molecule has 6 heteroatoms. The van der Waals surface area contributed by atoms with Crippen LogP contribution in [0.25, 0.3) is 0 Å². The maximum absolute atomic E-state index is 11.6. The van der Waals surface area contributed by atoms with Gasteiger partial charge in [-0.1, -0.05) is 6.92 Å². The monoisotopic (exact) mass is 263 g/mol. The molecule has 0 aromatic rings. The lowest BCUT2D eigenvalue weighted by Crippen LogP contribution is -2.33. The highest BCUT2D eigenvalue weighted by molar-refractivity contribution is 8.01. The lowest BCUT2D eigenvalue weighted by molar-refractivity contribution is -0.136. The van der Waals surface area contributed by atoms with Gasteiger partial charge in [-0.3, -0.25) is 9.59 Å². The Morgan fingerprint density at radius 2 is 2.06 bits per heavy atom. The van der Waals surface area contributed by atoms with Crippen LogP contribution in [0, 0.1) is 0 Å². The zero-order valence-corrected chi connectivity index (χ0v) is 11.4. The van der Waals surface area contributed by atoms with Gasteiger partial charge in [0, 0.05) is 25.5 Å². The summed E-state index contributed by atoms with van der Waals surface area (Å²) in [6, 6.07) is 0. The Morgan fingerprint density at radius 3 is 2.59 bits per heavy atom. The van der Waals surface area contributed by atoms with Crippen molar-refractivity contribution in [3.8, 4) is 0 Å². The van der Waals surface area contributed by atoms with E-state index < -0.39 is 5.97 Å². The summed E-state index contributed by atoms with van der Waals surface area (Å²) in [7, 11) is 1.62. The second-order valence-corrected chi connectivity index (χ2v) is 5.61. The summed E-state index contributed by atoms with van der Waals surface area (Å²) in [5.74, 6) is -0.888. The molecule has 2 unspecified atom stereocenters. The third-order valence-corrected chi connectivity index (χ3v) is 3.35. The molecule has 0 aliphatic heterocycles. The standard InChI is InChI=1S/C11H21NO4S/c1-8(7-10(13)14)17-9(2)11(15)12-5-4-6-16-3/h8-9H,4-7H2,1-3H3,(H,12,15)(H,13,14). The van der Waals surface area contributed by atoms with E-state index in [9.17, 15) is 9.59 Å². The summed E-state index contributed by atoms with van der Waals surface area (Å²) in [4.78, 5) is 22.1. The number of methoxy groups -OCH3 is 1. The second kappa shape index (κ2) is 9.30. The molecule has 17 heavy (non-hydrogen) atoms. The van der Waals surface area contributed by atoms with Crippen molar-refractivity contribution in [3.05, 3.63) is 0 Å². The fourth-order valence-electron chi connectivity index (χ4n) is 1.28. The summed E-state index contributed by atoms with van der Waals surface area (Å²) < 4.78 is 4.87. The van der Waals surface area contributed by atoms with Crippen molar-refractivity contribution < 1.29 is 19.4 Å². The van der Waals surface area contributed by atoms with Crippen LogP contribution in [0.3, 0.4) is 0 Å². The smallest absolute Gasteiger partial charge is 0.304 e. The van der Waals surface area contributed by atoms with Crippen molar-refractivity contribution in [1.82, 2.24) is 5.32 Å². The van der Waals surface area contributed by atoms with Crippen LogP contribution in [0.1, 0.15) is 26.7 Å². The zero-order valence-electron chi connectivity index (χ0n) is 10.6. The van der Waals surface area contributed by atoms with Gasteiger partial charge >= 0.3 is 5.97 Å². The Labute approximate surface area is 106 Å². The van der Waals surface area contributed by atoms with Gasteiger partial charge in [-0.15, -0.1) is 11.8 Å². The Balaban J connectivity index is 3.76. The first-order valence-electron chi connectivity index (χ1n) is 5.61. The first-order valence-corrected chi connectivity index (χ1v) is 6.55. The zero-order chi connectivity index (χ0) is 13.3. The number of aliphatic carboxylic acids is 1. The summed E-state index contributed by atoms with van der Waals surface area (Å²) in [5, 5.41) is 11.1. The fraction of sp³-hybridized carbons (Fsp3) is 0.818. The number of carboxylic acids is 1. The van der Waals surface area contributed by atoms with Gasteiger partial charge in [-0.05, 0) is 13.3 Å². The number of carboxylic acid groups (broad SMARTS) is 1. The Kier molecular flexibility index (Phi) is 8.89. The van der Waals surface area contributed by atoms with E-state index in [1.807, 2.05) is 6.92 Å². The largest absolute Gasteiger partial charge is 0.481 e. The first-order chi connectivity index (χ1) is 7.97. The average molecular weight is 263 g/mol. The summed E-state index contributed by atoms with van der Waals surface area (Å²) >= 11 is 1.38. The molecule has 0 heterocycles. The topological polar surface area (TPSA) is 75.6 Å². The number of thioether (sulfide) groups is 1. The van der Waals surface area contributed by atoms with E-state index in [4.69, 9.17) is 9.84 Å². The minimum atomic E-state index is -0.835. The molecular weight excluding hydrogens is 242 g/mol. The first kappa shape index (κ1) is 16.2.